The van der Waals surface area contributed by atoms with Gasteiger partial charge in [-0.05, 0) is 125 Å². The molecule has 30 nitrogen and oxygen atoms in total. The first kappa shape index (κ1) is 86.7. The van der Waals surface area contributed by atoms with E-state index in [-0.39, 0.29) is 82.5 Å². The molecular formula is C83H116N12O18S2. The molecule has 5 fully saturated rings. The van der Waals surface area contributed by atoms with Crippen LogP contribution in [-0.2, 0) is 114 Å². The van der Waals surface area contributed by atoms with Gasteiger partial charge in [0, 0.05) is 77.5 Å². The maximum Gasteiger partial charge on any atom is 0.410 e. The fourth-order valence-corrected chi connectivity index (χ4v) is 18.8. The highest BCUT2D eigenvalue weighted by atomic mass is 32.2. The van der Waals surface area contributed by atoms with E-state index in [1.165, 1.54) is 38.9 Å². The van der Waals surface area contributed by atoms with E-state index in [2.05, 4.69) is 56.0 Å². The van der Waals surface area contributed by atoms with Crippen molar-refractivity contribution in [1.82, 2.24) is 58.9 Å². The van der Waals surface area contributed by atoms with Gasteiger partial charge in [0.15, 0.2) is 0 Å². The van der Waals surface area contributed by atoms with Crippen LogP contribution in [0.15, 0.2) is 92.0 Å². The number of fused-ring (bicyclic) bond motifs is 6. The molecule has 7 heterocycles. The lowest BCUT2D eigenvalue weighted by atomic mass is 9.85. The quantitative estimate of drug-likeness (QED) is 0.0650. The third-order valence-corrected chi connectivity index (χ3v) is 26.7. The first-order chi connectivity index (χ1) is 54.1. The number of amides is 10. The van der Waals surface area contributed by atoms with Crippen molar-refractivity contribution in [2.45, 2.75) is 246 Å². The van der Waals surface area contributed by atoms with Crippen LogP contribution in [0.5, 0.6) is 0 Å². The van der Waals surface area contributed by atoms with Crippen molar-refractivity contribution in [2.75, 3.05) is 46.4 Å². The number of piperidine rings is 1. The molecule has 2 saturated carbocycles. The molecule has 8 bridgehead atoms. The van der Waals surface area contributed by atoms with E-state index in [0.29, 0.717) is 44.6 Å². The maximum absolute atomic E-state index is 14.6. The Morgan fingerprint density at radius 1 is 0.557 bits per heavy atom. The second kappa shape index (κ2) is 34.6. The summed E-state index contributed by atoms with van der Waals surface area (Å²) in [6.07, 6.45) is 7.52. The van der Waals surface area contributed by atoms with E-state index in [0.717, 1.165) is 89.9 Å². The summed E-state index contributed by atoms with van der Waals surface area (Å²) in [4.78, 5) is 145. The van der Waals surface area contributed by atoms with Crippen LogP contribution in [0.4, 0.5) is 19.2 Å². The first-order valence-electron chi connectivity index (χ1n) is 40.2. The number of hydrogen-bond acceptors (Lipinski definition) is 18. The highest BCUT2D eigenvalue weighted by molar-refractivity contribution is 7.88. The van der Waals surface area contributed by atoms with Crippen molar-refractivity contribution in [3.63, 3.8) is 0 Å². The lowest BCUT2D eigenvalue weighted by Gasteiger charge is -2.35. The summed E-state index contributed by atoms with van der Waals surface area (Å²) >= 11 is 0. The smallest absolute Gasteiger partial charge is 0.410 e. The van der Waals surface area contributed by atoms with E-state index in [1.54, 1.807) is 81.7 Å². The number of nitrogens with one attached hydrogen (secondary N) is 6. The van der Waals surface area contributed by atoms with Gasteiger partial charge in [-0.2, -0.15) is 25.4 Å². The molecule has 0 spiro atoms. The summed E-state index contributed by atoms with van der Waals surface area (Å²) in [7, 11) is -7.19. The first-order valence-corrected chi connectivity index (χ1v) is 43.1. The van der Waals surface area contributed by atoms with Crippen molar-refractivity contribution in [3.05, 3.63) is 131 Å². The Balaban J connectivity index is 0.000000227. The van der Waals surface area contributed by atoms with E-state index < -0.39 is 150 Å². The maximum atomic E-state index is 14.6. The molecule has 32 heteroatoms. The average molecular weight is 1630 g/mol. The van der Waals surface area contributed by atoms with Crippen LogP contribution < -0.4 is 30.7 Å². The molecule has 0 radical (unpaired) electrons. The zero-order valence-electron chi connectivity index (χ0n) is 68.3. The van der Waals surface area contributed by atoms with Gasteiger partial charge >= 0.3 is 44.8 Å². The molecule has 0 aromatic heterocycles. The summed E-state index contributed by atoms with van der Waals surface area (Å²) in [5.74, 6) is -5.70. The van der Waals surface area contributed by atoms with Crippen LogP contribution in [0.25, 0.3) is 0 Å². The summed E-state index contributed by atoms with van der Waals surface area (Å²) in [5.41, 5.74) is 1.64. The monoisotopic (exact) mass is 1630 g/mol. The predicted octanol–water partition coefficient (Wildman–Crippen LogP) is 8.47. The lowest BCUT2D eigenvalue weighted by Crippen LogP contribution is -2.60. The molecule has 9 aliphatic rings. The molecule has 12 rings (SSSR count). The summed E-state index contributed by atoms with van der Waals surface area (Å²) in [6, 6.07) is 16.2. The molecule has 2 aliphatic carbocycles. The van der Waals surface area contributed by atoms with Crippen molar-refractivity contribution in [1.29, 1.82) is 0 Å². The van der Waals surface area contributed by atoms with Gasteiger partial charge in [0.1, 0.15) is 47.5 Å². The third-order valence-electron chi connectivity index (χ3n) is 23.8. The Morgan fingerprint density at radius 2 is 0.974 bits per heavy atom. The number of rotatable bonds is 14. The molecule has 6 N–H and O–H groups in total. The van der Waals surface area contributed by atoms with Gasteiger partial charge in [-0.15, -0.1) is 13.2 Å². The fraction of sp³-hybridized carbons (Fsp3) is 0.614. The minimum atomic E-state index is -4.35. The van der Waals surface area contributed by atoms with Gasteiger partial charge < -0.3 is 50.0 Å². The van der Waals surface area contributed by atoms with Gasteiger partial charge in [-0.1, -0.05) is 167 Å². The Morgan fingerprint density at radius 3 is 1.38 bits per heavy atom. The topological polar surface area (TPSA) is 368 Å². The molecule has 3 aromatic rings. The largest absolute Gasteiger partial charge is 0.449 e. The van der Waals surface area contributed by atoms with Crippen molar-refractivity contribution >= 4 is 80.2 Å². The van der Waals surface area contributed by atoms with Crippen LogP contribution in [-0.4, -0.2) is 199 Å². The number of cyclic esters (lactones) is 2. The molecule has 3 aromatic carbocycles. The second-order valence-corrected chi connectivity index (χ2v) is 39.6. The second-order valence-electron chi connectivity index (χ2n) is 36.2. The number of carbonyl (C=O) groups excluding carboxylic acids is 10. The van der Waals surface area contributed by atoms with E-state index >= 15 is 0 Å². The molecule has 0 unspecified atom stereocenters. The number of carbonyl (C=O) groups is 10. The van der Waals surface area contributed by atoms with Crippen molar-refractivity contribution in [3.8, 4) is 0 Å². The SMILES string of the molecule is C=C[C@@H]1C[C@]1(NC(=O)[C@@H]1C[C@@H]2CN1C(=O)[C@H](C(C)(C)C)NC(=O)OCC(C)(C)CCCCc1cccc3c1CN(C3)C(=O)O2)C(=O)NS(=O)(=O)N(C)Cc1ccccc1.C=C[C@@H]1C[C@]1(NC(=O)[C@@H]1C[C@@H]2CN1C(=O)[C@H](C(C)(C)C)NC(=O)OCC(C)(C)CCCCc1cccc3c1CN(C3)C(=O)O2)C(=O)NS(=O)(=O)N1CCCCC1. The van der Waals surface area contributed by atoms with Gasteiger partial charge in [0.05, 0.1) is 26.3 Å². The fourth-order valence-electron chi connectivity index (χ4n) is 16.6. The Hall–Kier alpha value is -9.14. The Bertz CT molecular complexity index is 4460. The van der Waals surface area contributed by atoms with Crippen LogP contribution >= 0.6 is 0 Å². The summed E-state index contributed by atoms with van der Waals surface area (Å²) in [5, 5.41) is 11.0. The zero-order valence-corrected chi connectivity index (χ0v) is 69.9. The standard InChI is InChI=1S/C43H58N6O9S.C40H58N6O9S/c1-8-31-22-43(31,38(52)46-59(55,56)47(7)23-28-15-10-9-11-16-28)45-36(50)34-21-32-25-49(34)37(51)35(41(2,3)4)44-39(53)57-27-42(5,6)20-13-12-17-29-18-14-19-30-24-48(26-33(29)30)40(54)58-32;1-7-28-21-40(28,35(49)43-56(52,53)45-18-11-8-12-19-45)42-33(47)31-20-29-23-46(31)34(48)32(38(2,3)4)41-36(50)54-25-39(5,6)17-10-9-14-26-15-13-16-27-22-44(24-30(26)27)37(51)55-29/h8-11,14-16,18-19,31-32,34-35H,1,12-13,17,20-27H2,2-7H3,(H,44,53)(H,45,50)(H,46,52);7,13,15-16,28-29,31-32H,1,8-12,14,17-25H2,2-6H3,(H,41,50)(H,42,47)(H,43,49)/t31-,32-,34+,35-,43-;28-,29-,31+,32-,40-/m11/s1. The molecule has 115 heavy (non-hydrogen) atoms. The predicted molar refractivity (Wildman–Crippen MR) is 426 cm³/mol. The molecule has 10 amide bonds. The highest BCUT2D eigenvalue weighted by Crippen LogP contribution is 2.47. The molecule has 10 atom stereocenters. The number of nitrogens with zero attached hydrogens (tertiary/aromatic N) is 6. The number of benzene rings is 3. The summed E-state index contributed by atoms with van der Waals surface area (Å²) in [6.45, 7) is 28.3. The lowest BCUT2D eigenvalue weighted by molar-refractivity contribution is -0.143. The summed E-state index contributed by atoms with van der Waals surface area (Å²) < 4.78 is 83.0. The van der Waals surface area contributed by atoms with Crippen LogP contribution in [0.2, 0.25) is 0 Å². The van der Waals surface area contributed by atoms with Gasteiger partial charge in [-0.3, -0.25) is 38.6 Å². The number of aryl methyl sites for hydroxylation is 2. The number of hydrogen-bond donors (Lipinski definition) is 6. The Labute approximate surface area is 676 Å². The number of ether oxygens (including phenoxy) is 4. The van der Waals surface area contributed by atoms with Crippen LogP contribution in [0.3, 0.4) is 0 Å². The molecule has 3 saturated heterocycles. The van der Waals surface area contributed by atoms with Crippen LogP contribution in [0, 0.1) is 33.5 Å². The molecule has 7 aliphatic heterocycles. The van der Waals surface area contributed by atoms with Gasteiger partial charge in [-0.25, -0.2) is 28.6 Å². The van der Waals surface area contributed by atoms with Crippen molar-refractivity contribution in [2.24, 2.45) is 33.5 Å². The number of alkyl carbamates (subject to hydrolysis) is 2. The molecular weight excluding hydrogens is 1520 g/mol. The van der Waals surface area contributed by atoms with Gasteiger partial charge in [0.25, 0.3) is 11.8 Å². The van der Waals surface area contributed by atoms with Crippen LogP contribution in [0.1, 0.15) is 192 Å². The third kappa shape index (κ3) is 20.5. The molecule has 628 valence electrons. The van der Waals surface area contributed by atoms with E-state index in [4.69, 9.17) is 18.9 Å². The van der Waals surface area contributed by atoms with Gasteiger partial charge in [0.2, 0.25) is 23.6 Å². The van der Waals surface area contributed by atoms with E-state index in [1.807, 2.05) is 52.0 Å². The Kier molecular flexibility index (Phi) is 26.1. The zero-order chi connectivity index (χ0) is 83.5. The highest BCUT2D eigenvalue weighted by Gasteiger charge is 2.64. The van der Waals surface area contributed by atoms with Crippen molar-refractivity contribution < 1.29 is 83.7 Å². The normalized spacial score (nSPS) is 27.7. The average Bonchev–Trinajstić information content (AvgIpc) is 1.58. The minimum Gasteiger partial charge on any atom is -0.449 e. The van der Waals surface area contributed by atoms with E-state index in [9.17, 15) is 64.8 Å². The minimum absolute atomic E-state index is 0.00802.